The molecule has 2 heterocycles. The first kappa shape index (κ1) is 14.8. The van der Waals surface area contributed by atoms with Gasteiger partial charge in [0.25, 0.3) is 0 Å². The fraction of sp³-hybridized carbons (Fsp3) is 0.308. The normalized spacial score (nSPS) is 10.3. The molecule has 0 bridgehead atoms. The van der Waals surface area contributed by atoms with Crippen LogP contribution in [0, 0.1) is 0 Å². The number of aromatic nitrogens is 3. The van der Waals surface area contributed by atoms with Crippen LogP contribution < -0.4 is 10.6 Å². The maximum atomic E-state index is 6.13. The van der Waals surface area contributed by atoms with Crippen LogP contribution in [0.4, 0.5) is 11.6 Å². The van der Waals surface area contributed by atoms with Gasteiger partial charge < -0.3 is 10.6 Å². The summed E-state index contributed by atoms with van der Waals surface area (Å²) in [5, 5.41) is 15.1. The molecule has 0 aliphatic heterocycles. The van der Waals surface area contributed by atoms with Crippen molar-refractivity contribution in [2.45, 2.75) is 19.9 Å². The lowest BCUT2D eigenvalue weighted by Crippen LogP contribution is -2.08. The van der Waals surface area contributed by atoms with E-state index in [1.54, 1.807) is 12.3 Å². The highest BCUT2D eigenvalue weighted by molar-refractivity contribution is 6.37. The van der Waals surface area contributed by atoms with Gasteiger partial charge in [-0.05, 0) is 24.6 Å². The highest BCUT2D eigenvalue weighted by Gasteiger charge is 2.09. The van der Waals surface area contributed by atoms with E-state index >= 15 is 0 Å². The van der Waals surface area contributed by atoms with Gasteiger partial charge >= 0.3 is 0 Å². The number of nitrogens with one attached hydrogen (secondary N) is 2. The molecule has 0 unspecified atom stereocenters. The van der Waals surface area contributed by atoms with Crippen LogP contribution in [0.2, 0.25) is 10.0 Å². The maximum absolute atomic E-state index is 6.13. The average molecular weight is 312 g/mol. The number of hydrogen-bond donors (Lipinski definition) is 2. The second kappa shape index (κ2) is 7.26. The van der Waals surface area contributed by atoms with Crippen molar-refractivity contribution in [3.63, 3.8) is 0 Å². The molecule has 0 fully saturated rings. The molecule has 7 heteroatoms. The largest absolute Gasteiger partial charge is 0.369 e. The number of rotatable bonds is 6. The van der Waals surface area contributed by atoms with Crippen LogP contribution in [-0.4, -0.2) is 21.7 Å². The molecule has 0 aromatic carbocycles. The quantitative estimate of drug-likeness (QED) is 0.853. The molecule has 2 aromatic heterocycles. The van der Waals surface area contributed by atoms with Crippen LogP contribution in [0.1, 0.15) is 19.0 Å². The lowest BCUT2D eigenvalue weighted by atomic mass is 10.3. The molecule has 106 valence electrons. The molecule has 0 spiro atoms. The van der Waals surface area contributed by atoms with E-state index < -0.39 is 0 Å². The Bertz CT molecular complexity index is 562. The van der Waals surface area contributed by atoms with E-state index in [1.165, 1.54) is 0 Å². The minimum Gasteiger partial charge on any atom is -0.369 e. The number of hydrogen-bond acceptors (Lipinski definition) is 5. The van der Waals surface area contributed by atoms with Gasteiger partial charge in [0.2, 0.25) is 0 Å². The lowest BCUT2D eigenvalue weighted by Gasteiger charge is -2.11. The Morgan fingerprint density at radius 2 is 1.90 bits per heavy atom. The predicted molar refractivity (Wildman–Crippen MR) is 82.4 cm³/mol. The molecule has 0 amide bonds. The molecule has 0 aliphatic rings. The summed E-state index contributed by atoms with van der Waals surface area (Å²) in [6.45, 7) is 3.37. The summed E-state index contributed by atoms with van der Waals surface area (Å²) in [6.07, 6.45) is 2.62. The molecular formula is C13H15Cl2N5. The van der Waals surface area contributed by atoms with Crippen molar-refractivity contribution in [1.29, 1.82) is 0 Å². The Labute approximate surface area is 127 Å². The van der Waals surface area contributed by atoms with E-state index in [1.807, 2.05) is 12.1 Å². The van der Waals surface area contributed by atoms with Crippen molar-refractivity contribution in [1.82, 2.24) is 15.2 Å². The van der Waals surface area contributed by atoms with Crippen molar-refractivity contribution in [3.05, 3.63) is 40.1 Å². The summed E-state index contributed by atoms with van der Waals surface area (Å²) in [5.74, 6) is 1.19. The molecule has 5 nitrogen and oxygen atoms in total. The summed E-state index contributed by atoms with van der Waals surface area (Å²) in [7, 11) is 0. The van der Waals surface area contributed by atoms with Crippen molar-refractivity contribution in [2.75, 3.05) is 17.2 Å². The SMILES string of the molecule is CCCNc1nc(NCc2cccnn2)c(Cl)cc1Cl. The summed E-state index contributed by atoms with van der Waals surface area (Å²) >= 11 is 12.2. The second-order valence-corrected chi connectivity index (χ2v) is 4.96. The fourth-order valence-electron chi connectivity index (χ4n) is 1.56. The van der Waals surface area contributed by atoms with Gasteiger partial charge in [0.05, 0.1) is 22.3 Å². The summed E-state index contributed by atoms with van der Waals surface area (Å²) in [6, 6.07) is 5.38. The van der Waals surface area contributed by atoms with Gasteiger partial charge in [-0.25, -0.2) is 4.98 Å². The molecular weight excluding hydrogens is 297 g/mol. The van der Waals surface area contributed by atoms with Gasteiger partial charge in [-0.1, -0.05) is 30.1 Å². The first-order chi connectivity index (χ1) is 9.70. The van der Waals surface area contributed by atoms with E-state index in [9.17, 15) is 0 Å². The van der Waals surface area contributed by atoms with Crippen LogP contribution >= 0.6 is 23.2 Å². The van der Waals surface area contributed by atoms with E-state index in [-0.39, 0.29) is 0 Å². The first-order valence-electron chi connectivity index (χ1n) is 6.31. The third-order valence-electron chi connectivity index (χ3n) is 2.54. The van der Waals surface area contributed by atoms with Crippen LogP contribution in [0.5, 0.6) is 0 Å². The van der Waals surface area contributed by atoms with E-state index in [0.717, 1.165) is 18.7 Å². The Kier molecular flexibility index (Phi) is 5.38. The highest BCUT2D eigenvalue weighted by atomic mass is 35.5. The summed E-state index contributed by atoms with van der Waals surface area (Å²) in [4.78, 5) is 4.39. The number of halogens is 2. The Morgan fingerprint density at radius 3 is 2.55 bits per heavy atom. The molecule has 0 atom stereocenters. The van der Waals surface area contributed by atoms with Gasteiger partial charge in [0.1, 0.15) is 11.6 Å². The van der Waals surface area contributed by atoms with Gasteiger partial charge in [0.15, 0.2) is 0 Å². The van der Waals surface area contributed by atoms with Gasteiger partial charge in [0, 0.05) is 12.7 Å². The zero-order valence-corrected chi connectivity index (χ0v) is 12.5. The van der Waals surface area contributed by atoms with Crippen LogP contribution in [0.3, 0.4) is 0 Å². The number of pyridine rings is 1. The first-order valence-corrected chi connectivity index (χ1v) is 7.06. The molecule has 0 saturated heterocycles. The minimum atomic E-state index is 0.473. The predicted octanol–water partition coefficient (Wildman–Crippen LogP) is 3.61. The molecule has 2 N–H and O–H groups in total. The summed E-state index contributed by atoms with van der Waals surface area (Å²) in [5.41, 5.74) is 0.809. The van der Waals surface area contributed by atoms with Crippen molar-refractivity contribution < 1.29 is 0 Å². The monoisotopic (exact) mass is 311 g/mol. The number of anilines is 2. The van der Waals surface area contributed by atoms with E-state index in [4.69, 9.17) is 23.2 Å². The molecule has 20 heavy (non-hydrogen) atoms. The van der Waals surface area contributed by atoms with Gasteiger partial charge in [-0.3, -0.25) is 0 Å². The zero-order chi connectivity index (χ0) is 14.4. The van der Waals surface area contributed by atoms with Crippen LogP contribution in [0.15, 0.2) is 24.4 Å². The second-order valence-electron chi connectivity index (χ2n) is 4.14. The van der Waals surface area contributed by atoms with Gasteiger partial charge in [-0.15, -0.1) is 0 Å². The Hall–Kier alpha value is -1.59. The number of nitrogens with zero attached hydrogens (tertiary/aromatic N) is 3. The van der Waals surface area contributed by atoms with Crippen LogP contribution in [0.25, 0.3) is 0 Å². The topological polar surface area (TPSA) is 62.7 Å². The molecule has 0 aliphatic carbocycles. The van der Waals surface area contributed by atoms with Gasteiger partial charge in [-0.2, -0.15) is 10.2 Å². The molecule has 0 radical (unpaired) electrons. The smallest absolute Gasteiger partial charge is 0.147 e. The van der Waals surface area contributed by atoms with E-state index in [0.29, 0.717) is 28.2 Å². The third-order valence-corrected chi connectivity index (χ3v) is 3.11. The van der Waals surface area contributed by atoms with Crippen molar-refractivity contribution in [2.24, 2.45) is 0 Å². The van der Waals surface area contributed by atoms with E-state index in [2.05, 4.69) is 32.7 Å². The lowest BCUT2D eigenvalue weighted by molar-refractivity contribution is 0.919. The maximum Gasteiger partial charge on any atom is 0.147 e. The Morgan fingerprint density at radius 1 is 1.15 bits per heavy atom. The highest BCUT2D eigenvalue weighted by Crippen LogP contribution is 2.29. The molecule has 2 rings (SSSR count). The average Bonchev–Trinajstić information content (AvgIpc) is 2.46. The third kappa shape index (κ3) is 3.95. The molecule has 2 aromatic rings. The van der Waals surface area contributed by atoms with Crippen LogP contribution in [-0.2, 0) is 6.54 Å². The minimum absolute atomic E-state index is 0.473. The van der Waals surface area contributed by atoms with Crippen molar-refractivity contribution in [3.8, 4) is 0 Å². The standard InChI is InChI=1S/C13H15Cl2N5/c1-2-5-16-12-10(14)7-11(15)13(19-12)17-8-9-4-3-6-18-20-9/h3-4,6-7H,2,5,8H2,1H3,(H2,16,17,19). The molecule has 0 saturated carbocycles. The summed E-state index contributed by atoms with van der Waals surface area (Å²) < 4.78 is 0. The Balaban J connectivity index is 2.10. The zero-order valence-electron chi connectivity index (χ0n) is 11.0. The fourth-order valence-corrected chi connectivity index (χ4v) is 2.05. The van der Waals surface area contributed by atoms with Crippen molar-refractivity contribution >= 4 is 34.8 Å².